The van der Waals surface area contributed by atoms with E-state index in [1.54, 1.807) is 20.8 Å². The van der Waals surface area contributed by atoms with Gasteiger partial charge in [-0.15, -0.1) is 0 Å². The van der Waals surface area contributed by atoms with Crippen LogP contribution < -0.4 is 10.6 Å². The van der Waals surface area contributed by atoms with Gasteiger partial charge in [0.1, 0.15) is 17.7 Å². The molecule has 0 aromatic carbocycles. The third kappa shape index (κ3) is 8.78. The molecule has 0 aliphatic rings. The number of rotatable bonds is 8. The van der Waals surface area contributed by atoms with Crippen molar-refractivity contribution in [1.82, 2.24) is 10.6 Å². The first kappa shape index (κ1) is 24.6. The lowest BCUT2D eigenvalue weighted by atomic mass is 10.00. The maximum Gasteiger partial charge on any atom is 0.408 e. The fourth-order valence-corrected chi connectivity index (χ4v) is 2.58. The predicted molar refractivity (Wildman–Crippen MR) is 104 cm³/mol. The van der Waals surface area contributed by atoms with Gasteiger partial charge >= 0.3 is 12.1 Å². The Morgan fingerprint density at radius 1 is 1.04 bits per heavy atom. The second-order valence-corrected chi connectivity index (χ2v) is 9.56. The van der Waals surface area contributed by atoms with Crippen LogP contribution in [0, 0.1) is 5.92 Å². The van der Waals surface area contributed by atoms with Crippen molar-refractivity contribution in [3.63, 3.8) is 0 Å². The van der Waals surface area contributed by atoms with Crippen LogP contribution in [-0.2, 0) is 19.1 Å². The van der Waals surface area contributed by atoms with Gasteiger partial charge in [0.15, 0.2) is 0 Å². The first-order valence-corrected chi connectivity index (χ1v) is 9.88. The molecule has 0 spiro atoms. The molecule has 0 aromatic heterocycles. The first-order valence-electron chi connectivity index (χ1n) is 8.66. The number of carbonyl (C=O) groups excluding carboxylic acids is 3. The van der Waals surface area contributed by atoms with E-state index in [9.17, 15) is 14.4 Å². The Balaban J connectivity index is 5.38. The summed E-state index contributed by atoms with van der Waals surface area (Å²) in [5.41, 5.74) is -0.680. The molecule has 0 saturated carbocycles. The molecule has 0 aliphatic heterocycles. The molecule has 0 aromatic rings. The molecule has 0 saturated heterocycles. The number of hydrogen-bond donors (Lipinski definition) is 2. The zero-order chi connectivity index (χ0) is 20.7. The monoisotopic (exact) mass is 390 g/mol. The zero-order valence-electron chi connectivity index (χ0n) is 17.4. The number of thioether (sulfide) groups is 1. The molecule has 2 atom stereocenters. The number of carbonyl (C=O) groups is 3. The average Bonchev–Trinajstić information content (AvgIpc) is 2.48. The van der Waals surface area contributed by atoms with Crippen molar-refractivity contribution in [3.8, 4) is 0 Å². The summed E-state index contributed by atoms with van der Waals surface area (Å²) in [6.07, 6.45) is 1.61. The Labute approximate surface area is 161 Å². The van der Waals surface area contributed by atoms with Crippen molar-refractivity contribution in [2.45, 2.75) is 77.3 Å². The van der Waals surface area contributed by atoms with Crippen molar-refractivity contribution in [2.24, 2.45) is 5.92 Å². The molecule has 26 heavy (non-hydrogen) atoms. The minimum atomic E-state index is -0.883. The van der Waals surface area contributed by atoms with Gasteiger partial charge in [-0.2, -0.15) is 11.8 Å². The van der Waals surface area contributed by atoms with E-state index in [0.29, 0.717) is 6.42 Å². The normalized spacial score (nSPS) is 14.4. The number of hydrogen-bond acceptors (Lipinski definition) is 6. The second kappa shape index (κ2) is 10.0. The van der Waals surface area contributed by atoms with Gasteiger partial charge < -0.3 is 20.1 Å². The van der Waals surface area contributed by atoms with Crippen LogP contribution in [0.25, 0.3) is 0 Å². The van der Waals surface area contributed by atoms with Gasteiger partial charge in [0.2, 0.25) is 5.91 Å². The predicted octanol–water partition coefficient (Wildman–Crippen LogP) is 2.73. The molecule has 7 nitrogen and oxygen atoms in total. The van der Waals surface area contributed by atoms with Gasteiger partial charge in [-0.25, -0.2) is 9.59 Å². The van der Waals surface area contributed by atoms with Crippen LogP contribution in [0.2, 0.25) is 0 Å². The summed E-state index contributed by atoms with van der Waals surface area (Å²) in [6.45, 7) is 12.8. The Morgan fingerprint density at radius 2 is 1.58 bits per heavy atom. The van der Waals surface area contributed by atoms with Gasteiger partial charge in [-0.05, 0) is 53.2 Å². The van der Waals surface area contributed by atoms with Crippen LogP contribution in [0.1, 0.15) is 54.9 Å². The lowest BCUT2D eigenvalue weighted by Crippen LogP contribution is -2.59. The average molecular weight is 391 g/mol. The molecule has 0 fully saturated rings. The molecular weight excluding hydrogens is 356 g/mol. The largest absolute Gasteiger partial charge is 0.467 e. The summed E-state index contributed by atoms with van der Waals surface area (Å²) >= 11 is 1.43. The number of amides is 2. The van der Waals surface area contributed by atoms with Gasteiger partial charge in [-0.3, -0.25) is 4.79 Å². The highest BCUT2D eigenvalue weighted by molar-refractivity contribution is 8.00. The third-order valence-electron chi connectivity index (χ3n) is 3.65. The van der Waals surface area contributed by atoms with Crippen molar-refractivity contribution in [2.75, 3.05) is 13.4 Å². The first-order chi connectivity index (χ1) is 11.7. The topological polar surface area (TPSA) is 93.7 Å². The molecule has 0 heterocycles. The van der Waals surface area contributed by atoms with E-state index in [1.807, 2.05) is 34.0 Å². The molecule has 0 unspecified atom stereocenters. The third-order valence-corrected chi connectivity index (χ3v) is 4.94. The van der Waals surface area contributed by atoms with E-state index in [-0.39, 0.29) is 5.92 Å². The highest BCUT2D eigenvalue weighted by atomic mass is 32.2. The lowest BCUT2D eigenvalue weighted by Gasteiger charge is -2.34. The van der Waals surface area contributed by atoms with Crippen molar-refractivity contribution >= 4 is 29.7 Å². The van der Waals surface area contributed by atoms with Crippen LogP contribution in [0.3, 0.4) is 0 Å². The van der Waals surface area contributed by atoms with Crippen molar-refractivity contribution < 1.29 is 23.9 Å². The van der Waals surface area contributed by atoms with Crippen LogP contribution in [0.4, 0.5) is 4.79 Å². The second-order valence-electron chi connectivity index (χ2n) is 8.10. The molecule has 0 aliphatic carbocycles. The standard InChI is InChI=1S/C18H34N2O5S/c1-11(2)10-12(15(22)24-8)19-14(21)13(18(6,7)26-9)20-16(23)25-17(3,4)5/h11-13H,10H2,1-9H3,(H,19,21)(H,20,23)/t12-,13-/m0/s1. The Kier molecular flexibility index (Phi) is 9.48. The Bertz CT molecular complexity index is 500. The van der Waals surface area contributed by atoms with E-state index < -0.39 is 40.4 Å². The maximum atomic E-state index is 12.9. The van der Waals surface area contributed by atoms with E-state index in [2.05, 4.69) is 10.6 Å². The number of nitrogens with one attached hydrogen (secondary N) is 2. The summed E-state index contributed by atoms with van der Waals surface area (Å²) < 4.78 is 9.44. The minimum Gasteiger partial charge on any atom is -0.467 e. The Hall–Kier alpha value is -1.44. The summed E-state index contributed by atoms with van der Waals surface area (Å²) in [5.74, 6) is -0.776. The van der Waals surface area contributed by atoms with Gasteiger partial charge in [0.25, 0.3) is 0 Å². The molecule has 8 heteroatoms. The number of esters is 1. The van der Waals surface area contributed by atoms with Crippen molar-refractivity contribution in [3.05, 3.63) is 0 Å². The van der Waals surface area contributed by atoms with Crippen LogP contribution >= 0.6 is 11.8 Å². The zero-order valence-corrected chi connectivity index (χ0v) is 18.2. The quantitative estimate of drug-likeness (QED) is 0.619. The smallest absolute Gasteiger partial charge is 0.408 e. The molecule has 152 valence electrons. The lowest BCUT2D eigenvalue weighted by molar-refractivity contribution is -0.145. The molecule has 0 rings (SSSR count). The molecule has 2 amide bonds. The van der Waals surface area contributed by atoms with Crippen LogP contribution in [0.5, 0.6) is 0 Å². The number of alkyl carbamates (subject to hydrolysis) is 1. The van der Waals surface area contributed by atoms with E-state index >= 15 is 0 Å². The summed E-state index contributed by atoms with van der Waals surface area (Å²) in [4.78, 5) is 37.0. The Morgan fingerprint density at radius 3 is 1.96 bits per heavy atom. The molecule has 0 radical (unpaired) electrons. The SMILES string of the molecule is COC(=O)[C@H](CC(C)C)NC(=O)[C@H](NC(=O)OC(C)(C)C)C(C)(C)SC. The van der Waals surface area contributed by atoms with Crippen LogP contribution in [-0.4, -0.2) is 53.8 Å². The highest BCUT2D eigenvalue weighted by Gasteiger charge is 2.38. The van der Waals surface area contributed by atoms with E-state index in [0.717, 1.165) is 0 Å². The van der Waals surface area contributed by atoms with Gasteiger partial charge in [0.05, 0.1) is 7.11 Å². The minimum absolute atomic E-state index is 0.185. The molecule has 0 bridgehead atoms. The van der Waals surface area contributed by atoms with E-state index in [1.165, 1.54) is 18.9 Å². The highest BCUT2D eigenvalue weighted by Crippen LogP contribution is 2.26. The van der Waals surface area contributed by atoms with Crippen LogP contribution in [0.15, 0.2) is 0 Å². The number of methoxy groups -OCH3 is 1. The van der Waals surface area contributed by atoms with E-state index in [4.69, 9.17) is 9.47 Å². The molecule has 2 N–H and O–H groups in total. The van der Waals surface area contributed by atoms with Gasteiger partial charge in [-0.1, -0.05) is 13.8 Å². The summed E-state index contributed by atoms with van der Waals surface area (Å²) in [7, 11) is 1.28. The number of ether oxygens (including phenoxy) is 2. The fourth-order valence-electron chi connectivity index (χ4n) is 2.18. The maximum absolute atomic E-state index is 12.9. The summed E-state index contributed by atoms with van der Waals surface area (Å²) in [5, 5.41) is 5.34. The molecular formula is C18H34N2O5S. The summed E-state index contributed by atoms with van der Waals surface area (Å²) in [6, 6.07) is -1.65. The van der Waals surface area contributed by atoms with Gasteiger partial charge in [0, 0.05) is 4.75 Å². The van der Waals surface area contributed by atoms with Crippen molar-refractivity contribution in [1.29, 1.82) is 0 Å². The fraction of sp³-hybridized carbons (Fsp3) is 0.833.